The van der Waals surface area contributed by atoms with Gasteiger partial charge >= 0.3 is 0 Å². The first-order chi connectivity index (χ1) is 8.99. The second-order valence-corrected chi connectivity index (χ2v) is 4.50. The molecule has 1 aromatic heterocycles. The van der Waals surface area contributed by atoms with Gasteiger partial charge in [0.2, 0.25) is 0 Å². The first-order valence-corrected chi connectivity index (χ1v) is 5.94. The van der Waals surface area contributed by atoms with E-state index in [0.29, 0.717) is 4.47 Å². The second kappa shape index (κ2) is 5.31. The minimum atomic E-state index is -0.967. The van der Waals surface area contributed by atoms with Crippen molar-refractivity contribution in [1.82, 2.24) is 4.98 Å². The number of carbonyl (C=O) groups excluding carboxylic acids is 1. The first-order valence-electron chi connectivity index (χ1n) is 5.15. The molecule has 4 nitrogen and oxygen atoms in total. The molecule has 19 heavy (non-hydrogen) atoms. The highest BCUT2D eigenvalue weighted by Gasteiger charge is 2.17. The summed E-state index contributed by atoms with van der Waals surface area (Å²) in [6.07, 6.45) is 1.46. The van der Waals surface area contributed by atoms with Crippen LogP contribution in [0, 0.1) is 11.6 Å². The number of nitrogens with one attached hydrogen (secondary N) is 1. The van der Waals surface area contributed by atoms with Crippen LogP contribution < -0.4 is 11.1 Å². The Hall–Kier alpha value is -2.02. The summed E-state index contributed by atoms with van der Waals surface area (Å²) in [5, 5.41) is 2.36. The third-order valence-corrected chi connectivity index (χ3v) is 2.94. The van der Waals surface area contributed by atoms with Crippen molar-refractivity contribution in [1.29, 1.82) is 0 Å². The Morgan fingerprint density at radius 3 is 2.79 bits per heavy atom. The Morgan fingerprint density at radius 2 is 2.11 bits per heavy atom. The van der Waals surface area contributed by atoms with Crippen LogP contribution in [0.2, 0.25) is 0 Å². The summed E-state index contributed by atoms with van der Waals surface area (Å²) in [7, 11) is 0. The summed E-state index contributed by atoms with van der Waals surface area (Å²) in [6.45, 7) is 0. The monoisotopic (exact) mass is 327 g/mol. The Balaban J connectivity index is 2.33. The maximum atomic E-state index is 13.7. The summed E-state index contributed by atoms with van der Waals surface area (Å²) in [4.78, 5) is 15.7. The van der Waals surface area contributed by atoms with Gasteiger partial charge in [-0.1, -0.05) is 0 Å². The van der Waals surface area contributed by atoms with E-state index in [0.717, 1.165) is 12.1 Å². The fourth-order valence-corrected chi connectivity index (χ4v) is 1.78. The predicted octanol–water partition coefficient (Wildman–Crippen LogP) is 2.96. The van der Waals surface area contributed by atoms with Crippen molar-refractivity contribution >= 4 is 33.3 Å². The molecule has 98 valence electrons. The highest BCUT2D eigenvalue weighted by molar-refractivity contribution is 9.10. The molecule has 0 unspecified atom stereocenters. The van der Waals surface area contributed by atoms with E-state index in [4.69, 9.17) is 5.73 Å². The Labute approximate surface area is 115 Å². The molecule has 3 N–H and O–H groups in total. The number of amides is 1. The van der Waals surface area contributed by atoms with Gasteiger partial charge in [-0.2, -0.15) is 0 Å². The van der Waals surface area contributed by atoms with Crippen molar-refractivity contribution < 1.29 is 13.6 Å². The first kappa shape index (κ1) is 13.4. The number of pyridine rings is 1. The van der Waals surface area contributed by atoms with E-state index in [1.165, 1.54) is 6.20 Å². The Bertz CT molecular complexity index is 649. The van der Waals surface area contributed by atoms with Crippen molar-refractivity contribution in [3.8, 4) is 0 Å². The van der Waals surface area contributed by atoms with Gasteiger partial charge in [0.15, 0.2) is 5.82 Å². The van der Waals surface area contributed by atoms with E-state index in [2.05, 4.69) is 26.2 Å². The maximum Gasteiger partial charge on any atom is 0.260 e. The van der Waals surface area contributed by atoms with E-state index in [9.17, 15) is 13.6 Å². The van der Waals surface area contributed by atoms with Gasteiger partial charge in [-0.05, 0) is 40.2 Å². The third kappa shape index (κ3) is 2.87. The average molecular weight is 328 g/mol. The van der Waals surface area contributed by atoms with Crippen LogP contribution in [0.3, 0.4) is 0 Å². The highest BCUT2D eigenvalue weighted by atomic mass is 79.9. The summed E-state index contributed by atoms with van der Waals surface area (Å²) in [6, 6.07) is 4.89. The lowest BCUT2D eigenvalue weighted by molar-refractivity contribution is 0.102. The normalized spacial score (nSPS) is 10.3. The number of nitrogens with zero attached hydrogens (tertiary/aromatic N) is 1. The highest BCUT2D eigenvalue weighted by Crippen LogP contribution is 2.22. The lowest BCUT2D eigenvalue weighted by Gasteiger charge is -2.08. The minimum Gasteiger partial charge on any atom is -0.396 e. The van der Waals surface area contributed by atoms with Gasteiger partial charge in [-0.3, -0.25) is 4.79 Å². The molecule has 0 radical (unpaired) electrons. The molecule has 1 aromatic carbocycles. The van der Waals surface area contributed by atoms with Crippen molar-refractivity contribution in [2.24, 2.45) is 0 Å². The van der Waals surface area contributed by atoms with Crippen molar-refractivity contribution in [2.75, 3.05) is 11.1 Å². The molecular formula is C12H8BrF2N3O. The van der Waals surface area contributed by atoms with E-state index in [1.54, 1.807) is 12.1 Å². The number of hydrogen-bond donors (Lipinski definition) is 2. The molecule has 0 bridgehead atoms. The zero-order chi connectivity index (χ0) is 14.0. The summed E-state index contributed by atoms with van der Waals surface area (Å²) < 4.78 is 27.3. The van der Waals surface area contributed by atoms with Crippen LogP contribution >= 0.6 is 15.9 Å². The van der Waals surface area contributed by atoms with Crippen molar-refractivity contribution in [2.45, 2.75) is 0 Å². The van der Waals surface area contributed by atoms with Crippen LogP contribution in [0.15, 0.2) is 34.9 Å². The zero-order valence-electron chi connectivity index (χ0n) is 9.45. The maximum absolute atomic E-state index is 13.7. The number of halogens is 3. The van der Waals surface area contributed by atoms with Crippen LogP contribution in [0.25, 0.3) is 0 Å². The molecule has 0 atom stereocenters. The van der Waals surface area contributed by atoms with E-state index in [1.807, 2.05) is 0 Å². The Morgan fingerprint density at radius 1 is 1.37 bits per heavy atom. The molecule has 1 amide bonds. The number of hydrogen-bond acceptors (Lipinski definition) is 3. The fourth-order valence-electron chi connectivity index (χ4n) is 1.43. The number of nitrogens with two attached hydrogens (primary N) is 1. The molecule has 1 heterocycles. The largest absolute Gasteiger partial charge is 0.396 e. The van der Waals surface area contributed by atoms with Crippen molar-refractivity contribution in [3.63, 3.8) is 0 Å². The quantitative estimate of drug-likeness (QED) is 0.833. The second-order valence-electron chi connectivity index (χ2n) is 3.64. The van der Waals surface area contributed by atoms with Gasteiger partial charge in [0.1, 0.15) is 11.6 Å². The molecule has 0 aliphatic rings. The fraction of sp³-hybridized carbons (Fsp3) is 0. The van der Waals surface area contributed by atoms with Crippen molar-refractivity contribution in [3.05, 3.63) is 52.1 Å². The molecule has 0 saturated carbocycles. The van der Waals surface area contributed by atoms with Gasteiger partial charge < -0.3 is 11.1 Å². The zero-order valence-corrected chi connectivity index (χ0v) is 11.0. The molecular weight excluding hydrogens is 320 g/mol. The van der Waals surface area contributed by atoms with Gasteiger partial charge in [-0.15, -0.1) is 0 Å². The van der Waals surface area contributed by atoms with Gasteiger partial charge in [-0.25, -0.2) is 13.8 Å². The standard InChI is InChI=1S/C12H8BrF2N3O/c13-8-2-1-3-17-11(8)18-12(19)7-4-6(14)5-9(16)10(7)15/h1-5H,16H2,(H,17,18,19). The van der Waals surface area contributed by atoms with Crippen LogP contribution in [0.1, 0.15) is 10.4 Å². The van der Waals surface area contributed by atoms with Crippen LogP contribution in [0.5, 0.6) is 0 Å². The molecule has 0 aliphatic heterocycles. The number of benzene rings is 1. The Kier molecular flexibility index (Phi) is 3.75. The van der Waals surface area contributed by atoms with Crippen LogP contribution in [0.4, 0.5) is 20.3 Å². The van der Waals surface area contributed by atoms with E-state index >= 15 is 0 Å². The molecule has 0 aliphatic carbocycles. The minimum absolute atomic E-state index is 0.203. The molecule has 0 spiro atoms. The topological polar surface area (TPSA) is 68.0 Å². The number of carbonyl (C=O) groups is 1. The van der Waals surface area contributed by atoms with E-state index < -0.39 is 28.8 Å². The van der Waals surface area contributed by atoms with Crippen LogP contribution in [-0.4, -0.2) is 10.9 Å². The van der Waals surface area contributed by atoms with E-state index in [-0.39, 0.29) is 5.82 Å². The predicted molar refractivity (Wildman–Crippen MR) is 70.7 cm³/mol. The molecule has 7 heteroatoms. The molecule has 0 saturated heterocycles. The summed E-state index contributed by atoms with van der Waals surface area (Å²) in [5.74, 6) is -2.38. The lowest BCUT2D eigenvalue weighted by Crippen LogP contribution is -2.16. The lowest BCUT2D eigenvalue weighted by atomic mass is 10.1. The number of nitrogen functional groups attached to an aromatic ring is 1. The molecule has 0 fully saturated rings. The molecule has 2 rings (SSSR count). The number of anilines is 2. The van der Waals surface area contributed by atoms with Crippen LogP contribution in [-0.2, 0) is 0 Å². The van der Waals surface area contributed by atoms with Gasteiger partial charge in [0.25, 0.3) is 5.91 Å². The third-order valence-electron chi connectivity index (χ3n) is 2.30. The summed E-state index contributed by atoms with van der Waals surface area (Å²) >= 11 is 3.18. The van der Waals surface area contributed by atoms with Gasteiger partial charge in [0.05, 0.1) is 15.7 Å². The number of aromatic nitrogens is 1. The smallest absolute Gasteiger partial charge is 0.260 e. The average Bonchev–Trinajstić information content (AvgIpc) is 2.36. The summed E-state index contributed by atoms with van der Waals surface area (Å²) in [5.41, 5.74) is 4.36. The number of rotatable bonds is 2. The van der Waals surface area contributed by atoms with Gasteiger partial charge in [0, 0.05) is 6.20 Å². The molecule has 2 aromatic rings. The SMILES string of the molecule is Nc1cc(F)cc(C(=O)Nc2ncccc2Br)c1F.